The number of hydrogen-bond acceptors (Lipinski definition) is 5. The van der Waals surface area contributed by atoms with Gasteiger partial charge in [0.1, 0.15) is 15.8 Å². The summed E-state index contributed by atoms with van der Waals surface area (Å²) in [7, 11) is 0. The second-order valence-corrected chi connectivity index (χ2v) is 7.66. The van der Waals surface area contributed by atoms with Crippen LogP contribution < -0.4 is 0 Å². The normalized spacial score (nSPS) is 15.9. The van der Waals surface area contributed by atoms with Gasteiger partial charge in [0, 0.05) is 29.6 Å². The minimum Gasteiger partial charge on any atom is -0.481 e. The predicted octanol–water partition coefficient (Wildman–Crippen LogP) is 4.67. The maximum Gasteiger partial charge on any atom is 0.303 e. The molecule has 0 aliphatic carbocycles. The van der Waals surface area contributed by atoms with Crippen LogP contribution in [-0.4, -0.2) is 32.7 Å². The lowest BCUT2D eigenvalue weighted by atomic mass is 10.2. The molecule has 0 atom stereocenters. The standard InChI is InChI=1S/C18H14ClNO4S2/c19-12-4-1-3-11(9-12)14-7-6-13(24-14)10-15-17(23)20(18(25)26-15)8-2-5-16(21)22/h1,3-4,6-7,9-10H,2,5,8H2,(H,21,22)/b15-10+. The van der Waals surface area contributed by atoms with E-state index in [-0.39, 0.29) is 12.3 Å². The Morgan fingerprint density at radius 3 is 2.88 bits per heavy atom. The topological polar surface area (TPSA) is 70.8 Å². The smallest absolute Gasteiger partial charge is 0.303 e. The molecule has 1 fully saturated rings. The molecule has 2 aromatic rings. The number of carboxylic acids is 1. The zero-order valence-electron chi connectivity index (χ0n) is 13.5. The van der Waals surface area contributed by atoms with Crippen molar-refractivity contribution in [2.45, 2.75) is 12.8 Å². The Labute approximate surface area is 164 Å². The van der Waals surface area contributed by atoms with Crippen molar-refractivity contribution in [3.8, 4) is 11.3 Å². The fraction of sp³-hybridized carbons (Fsp3) is 0.167. The van der Waals surface area contributed by atoms with Gasteiger partial charge in [0.25, 0.3) is 5.91 Å². The maximum absolute atomic E-state index is 12.5. The van der Waals surface area contributed by atoms with Crippen LogP contribution in [0.4, 0.5) is 0 Å². The van der Waals surface area contributed by atoms with Gasteiger partial charge in [0.15, 0.2) is 0 Å². The molecule has 0 unspecified atom stereocenters. The van der Waals surface area contributed by atoms with Crippen molar-refractivity contribution in [3.63, 3.8) is 0 Å². The number of nitrogens with zero attached hydrogens (tertiary/aromatic N) is 1. The molecular weight excluding hydrogens is 394 g/mol. The highest BCUT2D eigenvalue weighted by molar-refractivity contribution is 8.26. The Kier molecular flexibility index (Phi) is 5.80. The van der Waals surface area contributed by atoms with E-state index in [4.69, 9.17) is 33.3 Å². The van der Waals surface area contributed by atoms with E-state index >= 15 is 0 Å². The van der Waals surface area contributed by atoms with Gasteiger partial charge in [0.05, 0.1) is 4.91 Å². The third-order valence-electron chi connectivity index (χ3n) is 3.66. The average molecular weight is 408 g/mol. The van der Waals surface area contributed by atoms with E-state index in [1.54, 1.807) is 24.3 Å². The maximum atomic E-state index is 12.5. The molecule has 1 N–H and O–H groups in total. The quantitative estimate of drug-likeness (QED) is 0.554. The fourth-order valence-electron chi connectivity index (χ4n) is 2.44. The van der Waals surface area contributed by atoms with Crippen molar-refractivity contribution in [2.24, 2.45) is 0 Å². The fourth-order valence-corrected chi connectivity index (χ4v) is 3.92. The van der Waals surface area contributed by atoms with Crippen LogP contribution >= 0.6 is 35.6 Å². The van der Waals surface area contributed by atoms with Gasteiger partial charge in [-0.1, -0.05) is 47.7 Å². The highest BCUT2D eigenvalue weighted by Crippen LogP contribution is 2.34. The Morgan fingerprint density at radius 1 is 1.35 bits per heavy atom. The lowest BCUT2D eigenvalue weighted by molar-refractivity contribution is -0.137. The average Bonchev–Trinajstić information content (AvgIpc) is 3.15. The molecule has 134 valence electrons. The van der Waals surface area contributed by atoms with Crippen molar-refractivity contribution >= 4 is 57.9 Å². The number of halogens is 1. The van der Waals surface area contributed by atoms with E-state index in [0.29, 0.717) is 38.7 Å². The first kappa shape index (κ1) is 18.7. The molecular formula is C18H14ClNO4S2. The van der Waals surface area contributed by atoms with Crippen LogP contribution in [0.3, 0.4) is 0 Å². The van der Waals surface area contributed by atoms with Crippen LogP contribution in [0.1, 0.15) is 18.6 Å². The molecule has 2 heterocycles. The lowest BCUT2D eigenvalue weighted by Crippen LogP contribution is -2.29. The van der Waals surface area contributed by atoms with Gasteiger partial charge in [-0.3, -0.25) is 14.5 Å². The molecule has 1 amide bonds. The van der Waals surface area contributed by atoms with Crippen LogP contribution in [0.2, 0.25) is 5.02 Å². The lowest BCUT2D eigenvalue weighted by Gasteiger charge is -2.13. The van der Waals surface area contributed by atoms with Crippen molar-refractivity contribution in [3.05, 3.63) is 52.1 Å². The number of carbonyl (C=O) groups is 2. The van der Waals surface area contributed by atoms with E-state index in [0.717, 1.165) is 5.56 Å². The van der Waals surface area contributed by atoms with Crippen LogP contribution in [0.15, 0.2) is 45.7 Å². The van der Waals surface area contributed by atoms with Crippen molar-refractivity contribution in [1.82, 2.24) is 4.90 Å². The van der Waals surface area contributed by atoms with Gasteiger partial charge < -0.3 is 9.52 Å². The summed E-state index contributed by atoms with van der Waals surface area (Å²) in [5.74, 6) is 0.0582. The molecule has 5 nitrogen and oxygen atoms in total. The first-order valence-electron chi connectivity index (χ1n) is 7.77. The zero-order chi connectivity index (χ0) is 18.7. The molecule has 1 aromatic carbocycles. The molecule has 1 aromatic heterocycles. The largest absolute Gasteiger partial charge is 0.481 e. The SMILES string of the molecule is O=C(O)CCCN1C(=O)/C(=C\c2ccc(-c3cccc(Cl)c3)o2)SC1=S. The summed E-state index contributed by atoms with van der Waals surface area (Å²) in [6.45, 7) is 0.292. The van der Waals surface area contributed by atoms with E-state index in [1.807, 2.05) is 18.2 Å². The number of benzene rings is 1. The summed E-state index contributed by atoms with van der Waals surface area (Å²) < 4.78 is 6.20. The molecule has 26 heavy (non-hydrogen) atoms. The third-order valence-corrected chi connectivity index (χ3v) is 5.27. The Balaban J connectivity index is 1.73. The molecule has 1 aliphatic heterocycles. The number of carbonyl (C=O) groups excluding carboxylic acids is 1. The van der Waals surface area contributed by atoms with E-state index in [1.165, 1.54) is 16.7 Å². The number of carboxylic acid groups (broad SMARTS) is 1. The summed E-state index contributed by atoms with van der Waals surface area (Å²) in [6.07, 6.45) is 2.00. The first-order chi connectivity index (χ1) is 12.4. The second kappa shape index (κ2) is 8.07. The van der Waals surface area contributed by atoms with Crippen LogP contribution in [0.25, 0.3) is 17.4 Å². The van der Waals surface area contributed by atoms with Crippen molar-refractivity contribution < 1.29 is 19.1 Å². The second-order valence-electron chi connectivity index (χ2n) is 5.54. The number of hydrogen-bond donors (Lipinski definition) is 1. The summed E-state index contributed by atoms with van der Waals surface area (Å²) in [5, 5.41) is 9.32. The first-order valence-corrected chi connectivity index (χ1v) is 9.37. The number of furan rings is 1. The van der Waals surface area contributed by atoms with E-state index in [2.05, 4.69) is 0 Å². The number of amides is 1. The van der Waals surface area contributed by atoms with Gasteiger partial charge in [-0.25, -0.2) is 0 Å². The molecule has 0 radical (unpaired) electrons. The Hall–Kier alpha value is -2.09. The van der Waals surface area contributed by atoms with Gasteiger partial charge in [-0.2, -0.15) is 0 Å². The van der Waals surface area contributed by atoms with Crippen LogP contribution in [0.5, 0.6) is 0 Å². The minimum absolute atomic E-state index is 0.00269. The molecule has 0 bridgehead atoms. The molecule has 1 saturated heterocycles. The Bertz CT molecular complexity index is 906. The summed E-state index contributed by atoms with van der Waals surface area (Å²) >= 11 is 12.4. The molecule has 1 aliphatic rings. The molecule has 8 heteroatoms. The monoisotopic (exact) mass is 407 g/mol. The van der Waals surface area contributed by atoms with Crippen molar-refractivity contribution in [1.29, 1.82) is 0 Å². The number of thiocarbonyl (C=S) groups is 1. The Morgan fingerprint density at radius 2 is 2.15 bits per heavy atom. The van der Waals surface area contributed by atoms with Crippen LogP contribution in [-0.2, 0) is 9.59 Å². The van der Waals surface area contributed by atoms with Gasteiger partial charge >= 0.3 is 5.97 Å². The highest BCUT2D eigenvalue weighted by atomic mass is 35.5. The van der Waals surface area contributed by atoms with Gasteiger partial charge in [0.2, 0.25) is 0 Å². The van der Waals surface area contributed by atoms with Gasteiger partial charge in [-0.05, 0) is 30.7 Å². The number of thioether (sulfide) groups is 1. The highest BCUT2D eigenvalue weighted by Gasteiger charge is 2.31. The third kappa shape index (κ3) is 4.35. The zero-order valence-corrected chi connectivity index (χ0v) is 15.9. The summed E-state index contributed by atoms with van der Waals surface area (Å²) in [4.78, 5) is 25.0. The predicted molar refractivity (Wildman–Crippen MR) is 106 cm³/mol. The number of aliphatic carboxylic acids is 1. The molecule has 0 saturated carbocycles. The van der Waals surface area contributed by atoms with E-state index in [9.17, 15) is 9.59 Å². The molecule has 0 spiro atoms. The molecule has 3 rings (SSSR count). The van der Waals surface area contributed by atoms with Gasteiger partial charge in [-0.15, -0.1) is 0 Å². The van der Waals surface area contributed by atoms with Crippen LogP contribution in [0, 0.1) is 0 Å². The van der Waals surface area contributed by atoms with Crippen molar-refractivity contribution in [2.75, 3.05) is 6.54 Å². The minimum atomic E-state index is -0.893. The van der Waals surface area contributed by atoms with E-state index < -0.39 is 5.97 Å². The summed E-state index contributed by atoms with van der Waals surface area (Å²) in [6, 6.07) is 10.9. The number of rotatable bonds is 6. The summed E-state index contributed by atoms with van der Waals surface area (Å²) in [5.41, 5.74) is 0.846.